The van der Waals surface area contributed by atoms with Gasteiger partial charge in [0.2, 0.25) is 0 Å². The average molecular weight is 282 g/mol. The van der Waals surface area contributed by atoms with Gasteiger partial charge in [-0.05, 0) is 19.8 Å². The number of rotatable bonds is 5. The normalized spacial score (nSPS) is 28.0. The molecular weight excluding hydrogens is 256 g/mol. The molecule has 4 heteroatoms. The summed E-state index contributed by atoms with van der Waals surface area (Å²) in [4.78, 5) is 11.9. The first-order valence-corrected chi connectivity index (χ1v) is 7.73. The quantitative estimate of drug-likeness (QED) is 0.574. The Balaban J connectivity index is 1.98. The van der Waals surface area contributed by atoms with Gasteiger partial charge in [0, 0.05) is 18.8 Å². The topological polar surface area (TPSA) is 44.8 Å². The van der Waals surface area contributed by atoms with Crippen molar-refractivity contribution in [1.29, 1.82) is 0 Å². The molecular formula is C16H26O4. The van der Waals surface area contributed by atoms with E-state index in [1.807, 2.05) is 13.8 Å². The van der Waals surface area contributed by atoms with E-state index in [-0.39, 0.29) is 23.9 Å². The van der Waals surface area contributed by atoms with Crippen LogP contribution in [-0.4, -0.2) is 31.1 Å². The lowest BCUT2D eigenvalue weighted by atomic mass is 9.89. The van der Waals surface area contributed by atoms with Gasteiger partial charge in [-0.15, -0.1) is 6.58 Å². The summed E-state index contributed by atoms with van der Waals surface area (Å²) in [6.45, 7) is 8.50. The highest BCUT2D eigenvalue weighted by molar-refractivity contribution is 5.72. The summed E-state index contributed by atoms with van der Waals surface area (Å²) in [6, 6.07) is 0. The van der Waals surface area contributed by atoms with Gasteiger partial charge in [0.05, 0.1) is 25.2 Å². The Morgan fingerprint density at radius 3 is 2.75 bits per heavy atom. The van der Waals surface area contributed by atoms with Crippen LogP contribution in [0.25, 0.3) is 0 Å². The van der Waals surface area contributed by atoms with Gasteiger partial charge in [-0.2, -0.15) is 0 Å². The molecule has 20 heavy (non-hydrogen) atoms. The van der Waals surface area contributed by atoms with Crippen molar-refractivity contribution in [2.24, 2.45) is 11.8 Å². The zero-order valence-electron chi connectivity index (χ0n) is 12.6. The molecule has 4 nitrogen and oxygen atoms in total. The van der Waals surface area contributed by atoms with Crippen molar-refractivity contribution in [2.45, 2.75) is 57.8 Å². The monoisotopic (exact) mass is 282 g/mol. The molecule has 2 fully saturated rings. The Morgan fingerprint density at radius 1 is 1.45 bits per heavy atom. The van der Waals surface area contributed by atoms with Crippen molar-refractivity contribution in [3.63, 3.8) is 0 Å². The molecule has 2 rings (SSSR count). The molecule has 0 N–H and O–H groups in total. The van der Waals surface area contributed by atoms with Gasteiger partial charge in [-0.25, -0.2) is 0 Å². The third kappa shape index (κ3) is 3.23. The van der Waals surface area contributed by atoms with Crippen LogP contribution in [0.1, 0.15) is 46.0 Å². The summed E-state index contributed by atoms with van der Waals surface area (Å²) in [7, 11) is 0. The van der Waals surface area contributed by atoms with Gasteiger partial charge in [0.25, 0.3) is 0 Å². The van der Waals surface area contributed by atoms with E-state index in [0.29, 0.717) is 13.2 Å². The maximum atomic E-state index is 11.9. The van der Waals surface area contributed by atoms with Gasteiger partial charge < -0.3 is 14.2 Å². The van der Waals surface area contributed by atoms with Crippen molar-refractivity contribution in [1.82, 2.24) is 0 Å². The number of hydrogen-bond acceptors (Lipinski definition) is 4. The molecule has 1 aliphatic heterocycles. The molecule has 0 aromatic carbocycles. The van der Waals surface area contributed by atoms with Crippen molar-refractivity contribution < 1.29 is 19.0 Å². The molecule has 1 spiro atoms. The lowest BCUT2D eigenvalue weighted by molar-refractivity contribution is -0.192. The minimum Gasteiger partial charge on any atom is -0.466 e. The SMILES string of the molecule is C=C[C@H]([C@H]1COC2(CCCCC2)O1)[C@@H](C)C(=O)OCC. The fourth-order valence-electron chi connectivity index (χ4n) is 3.23. The molecule has 0 amide bonds. The predicted molar refractivity (Wildman–Crippen MR) is 76.1 cm³/mol. The fourth-order valence-corrected chi connectivity index (χ4v) is 3.23. The number of carbonyl (C=O) groups excluding carboxylic acids is 1. The second-order valence-corrected chi connectivity index (χ2v) is 5.79. The highest BCUT2D eigenvalue weighted by Crippen LogP contribution is 2.40. The van der Waals surface area contributed by atoms with Gasteiger partial charge in [-0.3, -0.25) is 4.79 Å². The van der Waals surface area contributed by atoms with Gasteiger partial charge in [-0.1, -0.05) is 19.4 Å². The second-order valence-electron chi connectivity index (χ2n) is 5.79. The standard InChI is InChI=1S/C16H26O4/c1-4-13(12(3)15(17)18-5-2)14-11-19-16(20-14)9-7-6-8-10-16/h4,12-14H,1,5-11H2,2-3H3/t12-,13+,14-/m1/s1. The molecule has 0 unspecified atom stereocenters. The lowest BCUT2D eigenvalue weighted by Crippen LogP contribution is -2.37. The predicted octanol–water partition coefficient (Wildman–Crippen LogP) is 3.06. The Kier molecular flexibility index (Phi) is 5.22. The fraction of sp³-hybridized carbons (Fsp3) is 0.812. The van der Waals surface area contributed by atoms with Crippen molar-refractivity contribution in [3.05, 3.63) is 12.7 Å². The highest BCUT2D eigenvalue weighted by Gasteiger charge is 2.46. The minimum absolute atomic E-state index is 0.0599. The summed E-state index contributed by atoms with van der Waals surface area (Å²) in [6.07, 6.45) is 7.19. The van der Waals surface area contributed by atoms with Crippen molar-refractivity contribution >= 4 is 5.97 Å². The van der Waals surface area contributed by atoms with Crippen LogP contribution in [0.5, 0.6) is 0 Å². The van der Waals surface area contributed by atoms with E-state index >= 15 is 0 Å². The highest BCUT2D eigenvalue weighted by atomic mass is 16.7. The Hall–Kier alpha value is -0.870. The molecule has 1 saturated heterocycles. The zero-order chi connectivity index (χ0) is 14.6. The molecule has 0 bridgehead atoms. The van der Waals surface area contributed by atoms with Crippen LogP contribution < -0.4 is 0 Å². The summed E-state index contributed by atoms with van der Waals surface area (Å²) < 4.78 is 17.2. The Labute approximate surface area is 121 Å². The first-order chi connectivity index (χ1) is 9.62. The molecule has 0 aromatic heterocycles. The minimum atomic E-state index is -0.404. The largest absolute Gasteiger partial charge is 0.466 e. The third-order valence-electron chi connectivity index (χ3n) is 4.43. The van der Waals surface area contributed by atoms with Crippen LogP contribution in [0.2, 0.25) is 0 Å². The summed E-state index contributed by atoms with van der Waals surface area (Å²) in [5.74, 6) is -0.904. The second kappa shape index (κ2) is 6.72. The van der Waals surface area contributed by atoms with Crippen LogP contribution in [0.4, 0.5) is 0 Å². The average Bonchev–Trinajstić information content (AvgIpc) is 2.84. The first kappa shape index (κ1) is 15.5. The molecule has 0 radical (unpaired) electrons. The summed E-state index contributed by atoms with van der Waals surface area (Å²) >= 11 is 0. The zero-order valence-corrected chi connectivity index (χ0v) is 12.6. The molecule has 3 atom stereocenters. The summed E-state index contributed by atoms with van der Waals surface area (Å²) in [5, 5.41) is 0. The molecule has 1 saturated carbocycles. The Morgan fingerprint density at radius 2 is 2.15 bits per heavy atom. The van der Waals surface area contributed by atoms with Crippen LogP contribution in [-0.2, 0) is 19.0 Å². The van der Waals surface area contributed by atoms with Crippen molar-refractivity contribution in [2.75, 3.05) is 13.2 Å². The van der Waals surface area contributed by atoms with E-state index in [1.165, 1.54) is 6.42 Å². The number of carbonyl (C=O) groups is 1. The van der Waals surface area contributed by atoms with E-state index in [0.717, 1.165) is 25.7 Å². The molecule has 2 aliphatic rings. The van der Waals surface area contributed by atoms with E-state index in [2.05, 4.69) is 6.58 Å². The smallest absolute Gasteiger partial charge is 0.309 e. The van der Waals surface area contributed by atoms with E-state index in [9.17, 15) is 4.79 Å². The van der Waals surface area contributed by atoms with E-state index < -0.39 is 5.79 Å². The third-order valence-corrected chi connectivity index (χ3v) is 4.43. The van der Waals surface area contributed by atoms with Crippen LogP contribution in [0.15, 0.2) is 12.7 Å². The number of ether oxygens (including phenoxy) is 3. The van der Waals surface area contributed by atoms with E-state index in [4.69, 9.17) is 14.2 Å². The molecule has 114 valence electrons. The lowest BCUT2D eigenvalue weighted by Gasteiger charge is -2.33. The van der Waals surface area contributed by atoms with Crippen LogP contribution >= 0.6 is 0 Å². The van der Waals surface area contributed by atoms with E-state index in [1.54, 1.807) is 6.08 Å². The van der Waals surface area contributed by atoms with Crippen LogP contribution in [0.3, 0.4) is 0 Å². The number of hydrogen-bond donors (Lipinski definition) is 0. The van der Waals surface area contributed by atoms with Crippen LogP contribution in [0, 0.1) is 11.8 Å². The van der Waals surface area contributed by atoms with Gasteiger partial charge >= 0.3 is 5.97 Å². The van der Waals surface area contributed by atoms with Gasteiger partial charge in [0.1, 0.15) is 0 Å². The van der Waals surface area contributed by atoms with Crippen molar-refractivity contribution in [3.8, 4) is 0 Å². The molecule has 1 aliphatic carbocycles. The first-order valence-electron chi connectivity index (χ1n) is 7.73. The van der Waals surface area contributed by atoms with Gasteiger partial charge in [0.15, 0.2) is 5.79 Å². The number of esters is 1. The summed E-state index contributed by atoms with van der Waals surface area (Å²) in [5.41, 5.74) is 0. The Bertz CT molecular complexity index is 346. The molecule has 1 heterocycles. The maximum absolute atomic E-state index is 11.9. The maximum Gasteiger partial charge on any atom is 0.309 e. The molecule has 0 aromatic rings.